The van der Waals surface area contributed by atoms with E-state index in [-0.39, 0.29) is 11.9 Å². The van der Waals surface area contributed by atoms with Crippen molar-refractivity contribution in [2.75, 3.05) is 7.11 Å². The molecule has 0 aromatic rings. The van der Waals surface area contributed by atoms with E-state index in [1.54, 1.807) is 13.2 Å². The third kappa shape index (κ3) is 1.83. The molecule has 0 bridgehead atoms. The Bertz CT molecular complexity index is 216. The lowest BCUT2D eigenvalue weighted by molar-refractivity contribution is -0.116. The van der Waals surface area contributed by atoms with Gasteiger partial charge in [0.1, 0.15) is 6.10 Å². The lowest BCUT2D eigenvalue weighted by Gasteiger charge is -2.17. The Balaban J connectivity index is 2.76. The molecule has 2 heteroatoms. The minimum atomic E-state index is -0.210. The Labute approximate surface area is 72.9 Å². The molecular formula is C10H14O2. The Hall–Kier alpha value is -0.890. The van der Waals surface area contributed by atoms with Crippen LogP contribution in [0.25, 0.3) is 0 Å². The van der Waals surface area contributed by atoms with Crippen LogP contribution in [0.1, 0.15) is 19.3 Å². The van der Waals surface area contributed by atoms with E-state index < -0.39 is 0 Å². The summed E-state index contributed by atoms with van der Waals surface area (Å²) in [6.07, 6.45) is 6.01. The molecule has 1 aliphatic rings. The van der Waals surface area contributed by atoms with E-state index in [0.29, 0.717) is 6.42 Å². The average Bonchev–Trinajstić information content (AvgIpc) is 2.10. The van der Waals surface area contributed by atoms with Gasteiger partial charge in [0.25, 0.3) is 0 Å². The first-order valence-electron chi connectivity index (χ1n) is 4.18. The van der Waals surface area contributed by atoms with Gasteiger partial charge in [-0.2, -0.15) is 0 Å². The predicted octanol–water partition coefficient (Wildman–Crippen LogP) is 1.87. The first-order chi connectivity index (χ1) is 5.79. The van der Waals surface area contributed by atoms with Gasteiger partial charge in [0.2, 0.25) is 0 Å². The van der Waals surface area contributed by atoms with Crippen LogP contribution in [0.2, 0.25) is 0 Å². The number of ketones is 1. The maximum Gasteiger partial charge on any atom is 0.161 e. The summed E-state index contributed by atoms with van der Waals surface area (Å²) in [5.41, 5.74) is 0.777. The van der Waals surface area contributed by atoms with Gasteiger partial charge in [0.05, 0.1) is 0 Å². The molecule has 0 aliphatic heterocycles. The van der Waals surface area contributed by atoms with Gasteiger partial charge in [-0.25, -0.2) is 0 Å². The van der Waals surface area contributed by atoms with Crippen molar-refractivity contribution in [3.8, 4) is 0 Å². The Morgan fingerprint density at radius 3 is 3.00 bits per heavy atom. The molecule has 0 amide bonds. The SMILES string of the molecule is C=CC(OC)C1=CCCCC1=O. The summed E-state index contributed by atoms with van der Waals surface area (Å²) in [5, 5.41) is 0. The zero-order chi connectivity index (χ0) is 8.97. The Morgan fingerprint density at radius 1 is 1.75 bits per heavy atom. The molecule has 0 radical (unpaired) electrons. The monoisotopic (exact) mass is 166 g/mol. The number of allylic oxidation sites excluding steroid dienone is 1. The topological polar surface area (TPSA) is 26.3 Å². The van der Waals surface area contributed by atoms with Crippen LogP contribution < -0.4 is 0 Å². The molecule has 1 unspecified atom stereocenters. The number of hydrogen-bond acceptors (Lipinski definition) is 2. The summed E-state index contributed by atoms with van der Waals surface area (Å²) < 4.78 is 5.10. The molecule has 2 nitrogen and oxygen atoms in total. The molecule has 12 heavy (non-hydrogen) atoms. The van der Waals surface area contributed by atoms with Crippen LogP contribution in [-0.4, -0.2) is 19.0 Å². The summed E-state index contributed by atoms with van der Waals surface area (Å²) in [7, 11) is 1.59. The van der Waals surface area contributed by atoms with Gasteiger partial charge in [0.15, 0.2) is 5.78 Å². The number of hydrogen-bond donors (Lipinski definition) is 0. The highest BCUT2D eigenvalue weighted by Gasteiger charge is 2.19. The maximum atomic E-state index is 11.4. The van der Waals surface area contributed by atoms with Crippen molar-refractivity contribution in [2.24, 2.45) is 0 Å². The van der Waals surface area contributed by atoms with Gasteiger partial charge in [0, 0.05) is 19.1 Å². The van der Waals surface area contributed by atoms with Gasteiger partial charge in [-0.05, 0) is 12.8 Å². The molecule has 0 N–H and O–H groups in total. The van der Waals surface area contributed by atoms with Crippen molar-refractivity contribution < 1.29 is 9.53 Å². The molecule has 0 saturated carbocycles. The van der Waals surface area contributed by atoms with Gasteiger partial charge < -0.3 is 4.74 Å². The molecule has 1 rings (SSSR count). The fourth-order valence-electron chi connectivity index (χ4n) is 1.40. The number of carbonyl (C=O) groups excluding carboxylic acids is 1. The van der Waals surface area contributed by atoms with E-state index in [1.807, 2.05) is 6.08 Å². The highest BCUT2D eigenvalue weighted by atomic mass is 16.5. The van der Waals surface area contributed by atoms with E-state index in [9.17, 15) is 4.79 Å². The van der Waals surface area contributed by atoms with Crippen LogP contribution in [0, 0.1) is 0 Å². The summed E-state index contributed by atoms with van der Waals surface area (Å²) in [6, 6.07) is 0. The molecule has 1 aliphatic carbocycles. The fourth-order valence-corrected chi connectivity index (χ4v) is 1.40. The number of carbonyl (C=O) groups is 1. The van der Waals surface area contributed by atoms with Crippen molar-refractivity contribution in [3.05, 3.63) is 24.3 Å². The smallest absolute Gasteiger partial charge is 0.161 e. The van der Waals surface area contributed by atoms with Crippen molar-refractivity contribution in [3.63, 3.8) is 0 Å². The normalized spacial score (nSPS) is 20.1. The summed E-state index contributed by atoms with van der Waals surface area (Å²) in [5.74, 6) is 0.202. The van der Waals surface area contributed by atoms with E-state index in [2.05, 4.69) is 6.58 Å². The second-order valence-electron chi connectivity index (χ2n) is 2.87. The van der Waals surface area contributed by atoms with E-state index in [0.717, 1.165) is 18.4 Å². The fraction of sp³-hybridized carbons (Fsp3) is 0.500. The summed E-state index contributed by atoms with van der Waals surface area (Å²) in [4.78, 5) is 11.4. The van der Waals surface area contributed by atoms with Crippen LogP contribution in [0.15, 0.2) is 24.3 Å². The maximum absolute atomic E-state index is 11.4. The number of methoxy groups -OCH3 is 1. The van der Waals surface area contributed by atoms with Crippen LogP contribution >= 0.6 is 0 Å². The zero-order valence-electron chi connectivity index (χ0n) is 7.38. The molecule has 0 spiro atoms. The van der Waals surface area contributed by atoms with E-state index in [1.165, 1.54) is 0 Å². The summed E-state index contributed by atoms with van der Waals surface area (Å²) >= 11 is 0. The summed E-state index contributed by atoms with van der Waals surface area (Å²) in [6.45, 7) is 3.62. The quantitative estimate of drug-likeness (QED) is 0.598. The number of rotatable bonds is 3. The second kappa shape index (κ2) is 4.21. The zero-order valence-corrected chi connectivity index (χ0v) is 7.38. The number of Topliss-reactive ketones (excluding diaryl/α,β-unsaturated/α-hetero) is 1. The van der Waals surface area contributed by atoms with Gasteiger partial charge in [-0.3, -0.25) is 4.79 Å². The average molecular weight is 166 g/mol. The first-order valence-corrected chi connectivity index (χ1v) is 4.18. The molecule has 0 saturated heterocycles. The first kappa shape index (κ1) is 9.20. The van der Waals surface area contributed by atoms with Crippen LogP contribution in [0.5, 0.6) is 0 Å². The molecule has 1 atom stereocenters. The van der Waals surface area contributed by atoms with E-state index >= 15 is 0 Å². The Kier molecular flexibility index (Phi) is 3.23. The second-order valence-corrected chi connectivity index (χ2v) is 2.87. The largest absolute Gasteiger partial charge is 0.373 e. The minimum Gasteiger partial charge on any atom is -0.373 e. The molecule has 0 fully saturated rings. The predicted molar refractivity (Wildman–Crippen MR) is 47.9 cm³/mol. The highest BCUT2D eigenvalue weighted by molar-refractivity contribution is 5.97. The van der Waals surface area contributed by atoms with Gasteiger partial charge in [-0.1, -0.05) is 12.2 Å². The van der Waals surface area contributed by atoms with Crippen molar-refractivity contribution >= 4 is 5.78 Å². The van der Waals surface area contributed by atoms with Crippen molar-refractivity contribution in [2.45, 2.75) is 25.4 Å². The van der Waals surface area contributed by atoms with Crippen molar-refractivity contribution in [1.29, 1.82) is 0 Å². The molecule has 0 aromatic heterocycles. The Morgan fingerprint density at radius 2 is 2.50 bits per heavy atom. The molecule has 66 valence electrons. The van der Waals surface area contributed by atoms with Gasteiger partial charge in [-0.15, -0.1) is 6.58 Å². The van der Waals surface area contributed by atoms with E-state index in [4.69, 9.17) is 4.74 Å². The minimum absolute atomic E-state index is 0.202. The molecular weight excluding hydrogens is 152 g/mol. The van der Waals surface area contributed by atoms with Crippen LogP contribution in [0.3, 0.4) is 0 Å². The highest BCUT2D eigenvalue weighted by Crippen LogP contribution is 2.19. The molecule has 0 heterocycles. The van der Waals surface area contributed by atoms with Crippen LogP contribution in [-0.2, 0) is 9.53 Å². The molecule has 0 aromatic carbocycles. The lowest BCUT2D eigenvalue weighted by atomic mass is 9.94. The van der Waals surface area contributed by atoms with Gasteiger partial charge >= 0.3 is 0 Å². The lowest BCUT2D eigenvalue weighted by Crippen LogP contribution is -2.20. The van der Waals surface area contributed by atoms with Crippen molar-refractivity contribution in [1.82, 2.24) is 0 Å². The van der Waals surface area contributed by atoms with Crippen LogP contribution in [0.4, 0.5) is 0 Å². The third-order valence-electron chi connectivity index (χ3n) is 2.07. The third-order valence-corrected chi connectivity index (χ3v) is 2.07. The standard InChI is InChI=1S/C10H14O2/c1-3-10(12-2)8-6-4-5-7-9(8)11/h3,6,10H,1,4-5,7H2,2H3. The number of ether oxygens (including phenoxy) is 1.